The second-order valence-electron chi connectivity index (χ2n) is 11.3. The van der Waals surface area contributed by atoms with E-state index in [4.69, 9.17) is 5.11 Å². The number of aliphatic hydroxyl groups excluding tert-OH is 1. The van der Waals surface area contributed by atoms with Gasteiger partial charge in [0.25, 0.3) is 25.8 Å². The summed E-state index contributed by atoms with van der Waals surface area (Å²) in [6, 6.07) is 16.9. The summed E-state index contributed by atoms with van der Waals surface area (Å²) in [6.45, 7) is 0. The highest BCUT2D eigenvalue weighted by atomic mass is 32.2. The minimum Gasteiger partial charge on any atom is -0.506 e. The lowest BCUT2D eigenvalue weighted by molar-refractivity contribution is -0.137. The molecule has 0 saturated heterocycles. The molecule has 5 N–H and O–H groups in total. The highest BCUT2D eigenvalue weighted by Crippen LogP contribution is 2.34. The van der Waals surface area contributed by atoms with Crippen LogP contribution in [0.15, 0.2) is 103 Å². The summed E-state index contributed by atoms with van der Waals surface area (Å²) in [4.78, 5) is 40.0. The molecule has 0 aromatic heterocycles. The third kappa shape index (κ3) is 6.46. The number of nitrogens with zero attached hydrogens (tertiary/aromatic N) is 1. The van der Waals surface area contributed by atoms with Gasteiger partial charge in [0, 0.05) is 27.8 Å². The van der Waals surface area contributed by atoms with E-state index in [1.54, 1.807) is 18.2 Å². The summed E-state index contributed by atoms with van der Waals surface area (Å²) in [5.74, 6) is -2.50. The van der Waals surface area contributed by atoms with Crippen molar-refractivity contribution in [2.75, 3.05) is 11.1 Å². The van der Waals surface area contributed by atoms with Crippen molar-refractivity contribution in [3.05, 3.63) is 121 Å². The number of benzene rings is 4. The largest absolute Gasteiger partial charge is 0.506 e. The van der Waals surface area contributed by atoms with Crippen molar-refractivity contribution in [2.45, 2.75) is 27.5 Å². The number of sulfone groups is 1. The Kier molecular flexibility index (Phi) is 8.76. The standard InChI is InChI=1S/C33H24N2O13S3/c36-25(37)11-6-14-49(41,42)18-12-13-21(23(15-18)50(43,44)45)34-22-16-24(51(46,47)48)30-28-26(19-9-4-5-10-20(19)32(39)27(22)28)29(33(40)35-30)31(38)17-7-2-1-3-8-17/h1-5,7-10,12-13,15-16,34,38H,6,11,14H2,(H,36,37)(H,43,44,45)(H,46,47,48). The number of carboxylic acids is 1. The van der Waals surface area contributed by atoms with E-state index >= 15 is 0 Å². The first-order valence-electron chi connectivity index (χ1n) is 14.7. The molecule has 1 aliphatic carbocycles. The van der Waals surface area contributed by atoms with Gasteiger partial charge in [0.1, 0.15) is 15.6 Å². The average Bonchev–Trinajstić information content (AvgIpc) is 3.06. The zero-order valence-electron chi connectivity index (χ0n) is 25.8. The number of rotatable bonds is 10. The van der Waals surface area contributed by atoms with Gasteiger partial charge in [-0.3, -0.25) is 23.5 Å². The van der Waals surface area contributed by atoms with Crippen LogP contribution >= 0.6 is 0 Å². The van der Waals surface area contributed by atoms with Gasteiger partial charge in [-0.25, -0.2) is 13.4 Å². The molecule has 0 spiro atoms. The molecule has 1 aliphatic heterocycles. The molecule has 0 fully saturated rings. The molecule has 0 bridgehead atoms. The smallest absolute Gasteiger partial charge is 0.303 e. The lowest BCUT2D eigenvalue weighted by atomic mass is 9.96. The number of fused-ring (bicyclic) bond motifs is 2. The van der Waals surface area contributed by atoms with Crippen molar-refractivity contribution in [1.29, 1.82) is 0 Å². The summed E-state index contributed by atoms with van der Waals surface area (Å²) >= 11 is 0. The Morgan fingerprint density at radius 1 is 0.725 bits per heavy atom. The first kappa shape index (κ1) is 35.3. The molecule has 6 rings (SSSR count). The van der Waals surface area contributed by atoms with Crippen LogP contribution in [-0.4, -0.2) is 61.3 Å². The number of aliphatic hydroxyl groups is 1. The van der Waals surface area contributed by atoms with E-state index in [9.17, 15) is 53.8 Å². The summed E-state index contributed by atoms with van der Waals surface area (Å²) in [5, 5.41) is 21.7. The molecule has 4 aromatic carbocycles. The zero-order valence-corrected chi connectivity index (χ0v) is 28.2. The maximum Gasteiger partial charge on any atom is 0.303 e. The van der Waals surface area contributed by atoms with Crippen LogP contribution in [0.2, 0.25) is 0 Å². The number of carboxylic acid groups (broad SMARTS) is 1. The minimum atomic E-state index is -5.25. The van der Waals surface area contributed by atoms with E-state index < -0.39 is 102 Å². The number of aliphatic carboxylic acids is 1. The Morgan fingerprint density at radius 2 is 1.35 bits per heavy atom. The number of hydrogen-bond donors (Lipinski definition) is 5. The topological polar surface area (TPSA) is 259 Å². The average molecular weight is 753 g/mol. The third-order valence-corrected chi connectivity index (χ3v) is 11.6. The van der Waals surface area contributed by atoms with Gasteiger partial charge < -0.3 is 15.5 Å². The van der Waals surface area contributed by atoms with Crippen molar-refractivity contribution < 1.29 is 49.4 Å². The number of nitrogens with one attached hydrogen (secondary N) is 1. The Balaban J connectivity index is 1.75. The molecule has 0 saturated carbocycles. The molecule has 0 atom stereocenters. The molecule has 0 amide bonds. The second-order valence-corrected chi connectivity index (χ2v) is 16.2. The molecule has 2 aliphatic rings. The first-order valence-corrected chi connectivity index (χ1v) is 19.2. The van der Waals surface area contributed by atoms with Crippen molar-refractivity contribution in [1.82, 2.24) is 4.98 Å². The number of hydrogen-bond acceptors (Lipinski definition) is 12. The molecular formula is C33H24N2O13S3. The predicted molar refractivity (Wildman–Crippen MR) is 183 cm³/mol. The van der Waals surface area contributed by atoms with Crippen molar-refractivity contribution in [3.8, 4) is 0 Å². The van der Waals surface area contributed by atoms with Crippen LogP contribution in [0, 0.1) is 10.4 Å². The highest BCUT2D eigenvalue weighted by Gasteiger charge is 2.27. The fourth-order valence-corrected chi connectivity index (χ4v) is 8.61. The van der Waals surface area contributed by atoms with Gasteiger partial charge in [-0.15, -0.1) is 0 Å². The van der Waals surface area contributed by atoms with Crippen LogP contribution in [0.25, 0.3) is 27.4 Å². The van der Waals surface area contributed by atoms with Gasteiger partial charge in [0.2, 0.25) is 0 Å². The van der Waals surface area contributed by atoms with E-state index in [0.717, 1.165) is 18.2 Å². The van der Waals surface area contributed by atoms with E-state index in [1.807, 2.05) is 0 Å². The normalized spacial score (nSPS) is 13.1. The van der Waals surface area contributed by atoms with Crippen molar-refractivity contribution >= 4 is 74.9 Å². The number of carbonyl (C=O) groups is 1. The molecule has 4 aromatic rings. The Morgan fingerprint density at radius 3 is 1.98 bits per heavy atom. The molecule has 18 heteroatoms. The zero-order chi connectivity index (χ0) is 37.0. The van der Waals surface area contributed by atoms with E-state index in [1.165, 1.54) is 36.4 Å². The monoisotopic (exact) mass is 752 g/mol. The van der Waals surface area contributed by atoms with Crippen LogP contribution in [0.5, 0.6) is 0 Å². The van der Waals surface area contributed by atoms with Crippen LogP contribution in [0.3, 0.4) is 0 Å². The van der Waals surface area contributed by atoms with Gasteiger partial charge in [-0.1, -0.05) is 54.6 Å². The summed E-state index contributed by atoms with van der Waals surface area (Å²) < 4.78 is 96.9. The van der Waals surface area contributed by atoms with Crippen LogP contribution in [0.4, 0.5) is 11.4 Å². The van der Waals surface area contributed by atoms with Gasteiger partial charge >= 0.3 is 5.97 Å². The number of anilines is 2. The second kappa shape index (κ2) is 12.7. The van der Waals surface area contributed by atoms with Crippen LogP contribution < -0.4 is 21.5 Å². The van der Waals surface area contributed by atoms with Crippen molar-refractivity contribution in [3.63, 3.8) is 0 Å². The molecule has 51 heavy (non-hydrogen) atoms. The van der Waals surface area contributed by atoms with Crippen LogP contribution in [0.1, 0.15) is 18.4 Å². The van der Waals surface area contributed by atoms with Gasteiger partial charge in [-0.2, -0.15) is 16.8 Å². The molecule has 262 valence electrons. The van der Waals surface area contributed by atoms with Gasteiger partial charge in [0.15, 0.2) is 15.3 Å². The minimum absolute atomic E-state index is 0.0144. The molecule has 0 unspecified atom stereocenters. The Labute approximate surface area is 287 Å². The first-order chi connectivity index (χ1) is 23.9. The molecule has 1 heterocycles. The predicted octanol–water partition coefficient (Wildman–Crippen LogP) is 2.58. The fraction of sp³-hybridized carbons (Fsp3) is 0.0909. The van der Waals surface area contributed by atoms with Crippen LogP contribution in [-0.2, 0) is 34.9 Å². The lowest BCUT2D eigenvalue weighted by Gasteiger charge is -2.17. The lowest BCUT2D eigenvalue weighted by Crippen LogP contribution is -2.33. The quantitative estimate of drug-likeness (QED) is 0.126. The summed E-state index contributed by atoms with van der Waals surface area (Å²) in [6.07, 6.45) is -0.794. The maximum absolute atomic E-state index is 14.2. The van der Waals surface area contributed by atoms with Crippen molar-refractivity contribution in [2.24, 2.45) is 0 Å². The van der Waals surface area contributed by atoms with E-state index in [0.29, 0.717) is 6.07 Å². The van der Waals surface area contributed by atoms with E-state index in [2.05, 4.69) is 10.3 Å². The molecular weight excluding hydrogens is 729 g/mol. The number of aromatic nitrogens is 1. The third-order valence-electron chi connectivity index (χ3n) is 8.09. The molecule has 0 radical (unpaired) electrons. The van der Waals surface area contributed by atoms with E-state index in [-0.39, 0.29) is 38.6 Å². The SMILES string of the molecule is O=C(O)CCCS(=O)(=O)c1ccc(Nc2cc(S(=O)(=O)O)c3nc(=O)c(=C(O)c4ccccc4)c4c5ccccc5c(=O)c2c3=4)c(S(=O)(=O)O)c1. The Hall–Kier alpha value is -5.53. The Bertz CT molecular complexity index is 3010. The summed E-state index contributed by atoms with van der Waals surface area (Å²) in [5.41, 5.74) is -3.35. The summed E-state index contributed by atoms with van der Waals surface area (Å²) in [7, 11) is -14.8. The maximum atomic E-state index is 14.2. The van der Waals surface area contributed by atoms with Gasteiger partial charge in [0.05, 0.1) is 38.1 Å². The van der Waals surface area contributed by atoms with Gasteiger partial charge in [-0.05, 0) is 36.1 Å². The molecule has 15 nitrogen and oxygen atoms in total. The highest BCUT2D eigenvalue weighted by molar-refractivity contribution is 7.91. The fourth-order valence-electron chi connectivity index (χ4n) is 5.88.